The quantitative estimate of drug-likeness (QED) is 0.0554. The lowest BCUT2D eigenvalue weighted by Crippen LogP contribution is -2.32. The summed E-state index contributed by atoms with van der Waals surface area (Å²) in [6.07, 6.45) is 4.32. The third kappa shape index (κ3) is 9.83. The first kappa shape index (κ1) is 54.4. The van der Waals surface area contributed by atoms with E-state index in [1.807, 2.05) is 0 Å². The molecular formula is C65H55N3O12. The third-order valence-electron chi connectivity index (χ3n) is 14.5. The highest BCUT2D eigenvalue weighted by molar-refractivity contribution is 6.32. The Hall–Kier alpha value is -10.4. The molecule has 0 bridgehead atoms. The lowest BCUT2D eigenvalue weighted by atomic mass is 9.80. The first-order valence-corrected chi connectivity index (χ1v) is 25.2. The van der Waals surface area contributed by atoms with E-state index < -0.39 is 58.0 Å². The van der Waals surface area contributed by atoms with Gasteiger partial charge in [-0.05, 0) is 138 Å². The summed E-state index contributed by atoms with van der Waals surface area (Å²) in [7, 11) is 6.28. The Morgan fingerprint density at radius 2 is 1.10 bits per heavy atom. The maximum Gasteiger partial charge on any atom is 0.339 e. The molecule has 0 amide bonds. The zero-order valence-electron chi connectivity index (χ0n) is 44.7. The van der Waals surface area contributed by atoms with Crippen LogP contribution < -0.4 is 14.6 Å². The molecule has 1 aliphatic rings. The second-order valence-corrected chi connectivity index (χ2v) is 19.8. The lowest BCUT2D eigenvalue weighted by molar-refractivity contribution is -0.646. The maximum atomic E-state index is 12.9. The average Bonchev–Trinajstić information content (AvgIpc) is 3.72. The zero-order chi connectivity index (χ0) is 57.6. The summed E-state index contributed by atoms with van der Waals surface area (Å²) in [5.74, 6) is -7.16. The molecule has 10 aromatic rings. The number of carbonyl (C=O) groups is 4. The number of aromatic hydroxyl groups is 5. The topological polar surface area (TPSA) is 245 Å². The first-order valence-electron chi connectivity index (χ1n) is 25.2. The van der Waals surface area contributed by atoms with Gasteiger partial charge in [0.1, 0.15) is 41.4 Å². The number of aromatic nitrogens is 2. The largest absolute Gasteiger partial charge is 0.872 e. The van der Waals surface area contributed by atoms with Crippen LogP contribution in [0.5, 0.6) is 34.5 Å². The van der Waals surface area contributed by atoms with Crippen molar-refractivity contribution in [3.05, 3.63) is 218 Å². The van der Waals surface area contributed by atoms with Crippen molar-refractivity contribution in [3.8, 4) is 40.2 Å². The molecule has 0 unspecified atom stereocenters. The molecule has 8 aromatic carbocycles. The number of pyridine rings is 1. The molecule has 80 heavy (non-hydrogen) atoms. The van der Waals surface area contributed by atoms with Gasteiger partial charge in [-0.1, -0.05) is 72.5 Å². The van der Waals surface area contributed by atoms with Crippen LogP contribution in [-0.2, 0) is 13.5 Å². The van der Waals surface area contributed by atoms with Crippen molar-refractivity contribution in [2.75, 3.05) is 19.0 Å². The minimum Gasteiger partial charge on any atom is -0.872 e. The second-order valence-electron chi connectivity index (χ2n) is 19.8. The van der Waals surface area contributed by atoms with Crippen molar-refractivity contribution < 1.29 is 64.6 Å². The smallest absolute Gasteiger partial charge is 0.339 e. The molecule has 1 aliphatic carbocycles. The molecule has 0 atom stereocenters. The molecule has 0 spiro atoms. The fourth-order valence-corrected chi connectivity index (χ4v) is 10.4. The van der Waals surface area contributed by atoms with Crippen molar-refractivity contribution in [2.45, 2.75) is 34.1 Å². The van der Waals surface area contributed by atoms with Crippen LogP contribution in [0.15, 0.2) is 140 Å². The summed E-state index contributed by atoms with van der Waals surface area (Å²) in [6, 6.07) is 42.6. The Morgan fingerprint density at radius 1 is 0.575 bits per heavy atom. The number of carboxylic acid groups (broad SMARTS) is 2. The number of para-hydroxylation sites is 1. The van der Waals surface area contributed by atoms with Gasteiger partial charge in [-0.15, -0.1) is 0 Å². The van der Waals surface area contributed by atoms with Crippen LogP contribution in [-0.4, -0.2) is 77.9 Å². The Bertz CT molecular complexity index is 4080. The van der Waals surface area contributed by atoms with Crippen LogP contribution in [0.3, 0.4) is 0 Å². The summed E-state index contributed by atoms with van der Waals surface area (Å²) in [5, 5.41) is 86.1. The van der Waals surface area contributed by atoms with Crippen molar-refractivity contribution in [1.82, 2.24) is 4.57 Å². The number of nitrogens with zero attached hydrogens (tertiary/aromatic N) is 3. The number of benzene rings is 8. The van der Waals surface area contributed by atoms with Crippen LogP contribution in [0.1, 0.15) is 97.5 Å². The van der Waals surface area contributed by atoms with Gasteiger partial charge in [0.15, 0.2) is 0 Å². The number of fused-ring (bicyclic) bond motifs is 5. The Labute approximate surface area is 459 Å². The SMILES string of the molecule is Cc1cc(C=Cc2ccc3cc(N(C)C)ccc3[n+]2C)c(C)n1-c1ccccc1.Cc1cc(O)c2c(c1O)C(=O)c1c(O)cc(C)c(O)c1C2=O.O=C(O)c1cc2ccccc2c(Cc2c(O)c(C(=O)O)cc3ccccc23)c1[O-]. The van der Waals surface area contributed by atoms with E-state index in [0.29, 0.717) is 21.5 Å². The molecule has 2 aromatic heterocycles. The minimum absolute atomic E-state index is 0.103. The van der Waals surface area contributed by atoms with Crippen molar-refractivity contribution in [1.29, 1.82) is 0 Å². The van der Waals surface area contributed by atoms with E-state index in [0.717, 1.165) is 12.1 Å². The number of rotatable bonds is 8. The highest BCUT2D eigenvalue weighted by Crippen LogP contribution is 2.46. The molecule has 0 radical (unpaired) electrons. The molecule has 15 heteroatoms. The van der Waals surface area contributed by atoms with E-state index in [-0.39, 0.29) is 62.1 Å². The van der Waals surface area contributed by atoms with Gasteiger partial charge in [0.05, 0.1) is 27.8 Å². The number of phenols is 5. The van der Waals surface area contributed by atoms with Gasteiger partial charge in [-0.2, -0.15) is 4.57 Å². The summed E-state index contributed by atoms with van der Waals surface area (Å²) < 4.78 is 4.56. The van der Waals surface area contributed by atoms with Crippen LogP contribution in [0, 0.1) is 27.7 Å². The van der Waals surface area contributed by atoms with Gasteiger partial charge in [0.25, 0.3) is 0 Å². The molecule has 402 valence electrons. The molecular weight excluding hydrogens is 1010 g/mol. The standard InChI is InChI=1S/C26H28N3.C23H16O6.C16H12O6/c1-19-17-21(20(2)29(19)24-9-7-6-8-10-24)11-13-23-14-12-22-18-25(27(3)4)15-16-26(22)28(23)5;24-20-16(14-7-3-1-5-12(14)9-18(20)22(26)27)11-17-15-8-4-2-6-13(15)10-19(21(17)25)23(28)29;1-5-3-7(17)9-11(13(5)19)15(21)10-8(18)4-6(2)14(20)12(10)16(9)22/h6-18H,1-5H3;1-10,24-25H,11H2,(H,26,27)(H,28,29);3-4,17-20H,1-2H3/q+1;;/p-1. The Kier molecular flexibility index (Phi) is 14.6. The number of aromatic carboxylic acids is 2. The highest BCUT2D eigenvalue weighted by atomic mass is 16.4. The van der Waals surface area contributed by atoms with Gasteiger partial charge >= 0.3 is 11.9 Å². The van der Waals surface area contributed by atoms with Gasteiger partial charge < -0.3 is 50.3 Å². The second kappa shape index (κ2) is 21.5. The highest BCUT2D eigenvalue weighted by Gasteiger charge is 2.39. The zero-order valence-corrected chi connectivity index (χ0v) is 44.7. The third-order valence-corrected chi connectivity index (χ3v) is 14.5. The molecule has 2 heterocycles. The van der Waals surface area contributed by atoms with Crippen LogP contribution in [0.2, 0.25) is 0 Å². The number of aryl methyl sites for hydroxylation is 4. The summed E-state index contributed by atoms with van der Waals surface area (Å²) in [5.41, 5.74) is 7.36. The maximum absolute atomic E-state index is 12.9. The molecule has 0 aliphatic heterocycles. The molecule has 15 nitrogen and oxygen atoms in total. The number of hydrogen-bond acceptors (Lipinski definition) is 11. The summed E-state index contributed by atoms with van der Waals surface area (Å²) in [4.78, 5) is 50.4. The number of phenolic OH excluding ortho intramolecular Hbond substituents is 4. The molecule has 11 rings (SSSR count). The van der Waals surface area contributed by atoms with Gasteiger partial charge in [0, 0.05) is 72.4 Å². The summed E-state index contributed by atoms with van der Waals surface area (Å²) in [6.45, 7) is 7.28. The predicted molar refractivity (Wildman–Crippen MR) is 305 cm³/mol. The van der Waals surface area contributed by atoms with Gasteiger partial charge in [-0.25, -0.2) is 9.59 Å². The van der Waals surface area contributed by atoms with E-state index in [1.54, 1.807) is 48.5 Å². The predicted octanol–water partition coefficient (Wildman–Crippen LogP) is 11.0. The van der Waals surface area contributed by atoms with Gasteiger partial charge in [-0.3, -0.25) is 9.59 Å². The first-order chi connectivity index (χ1) is 38.1. The van der Waals surface area contributed by atoms with E-state index in [9.17, 15) is 60.0 Å². The molecule has 7 N–H and O–H groups in total. The van der Waals surface area contributed by atoms with Crippen LogP contribution in [0.25, 0.3) is 50.3 Å². The number of anilines is 1. The van der Waals surface area contributed by atoms with Gasteiger partial charge in [0.2, 0.25) is 22.8 Å². The lowest BCUT2D eigenvalue weighted by Gasteiger charge is -2.22. The molecule has 0 saturated heterocycles. The fraction of sp³-hybridized carbons (Fsp3) is 0.123. The van der Waals surface area contributed by atoms with E-state index >= 15 is 0 Å². The van der Waals surface area contributed by atoms with Crippen molar-refractivity contribution in [2.24, 2.45) is 7.05 Å². The minimum atomic E-state index is -1.34. The molecule has 0 saturated carbocycles. The van der Waals surface area contributed by atoms with Crippen molar-refractivity contribution >= 4 is 73.8 Å². The van der Waals surface area contributed by atoms with Crippen LogP contribution >= 0.6 is 0 Å². The number of carboxylic acids is 2. The Balaban J connectivity index is 0.000000147. The van der Waals surface area contributed by atoms with E-state index in [4.69, 9.17) is 0 Å². The fourth-order valence-electron chi connectivity index (χ4n) is 10.4. The Morgan fingerprint density at radius 3 is 1.65 bits per heavy atom. The number of hydrogen-bond donors (Lipinski definition) is 7. The van der Waals surface area contributed by atoms with Crippen LogP contribution in [0.4, 0.5) is 5.69 Å². The molecule has 0 fully saturated rings. The monoisotopic (exact) mass is 1070 g/mol. The number of carbonyl (C=O) groups excluding carboxylic acids is 2. The van der Waals surface area contributed by atoms with E-state index in [2.05, 4.69) is 128 Å². The average molecular weight is 1070 g/mol. The normalized spacial score (nSPS) is 11.7. The van der Waals surface area contributed by atoms with E-state index in [1.165, 1.54) is 70.9 Å². The summed E-state index contributed by atoms with van der Waals surface area (Å²) >= 11 is 0. The number of ketones is 2. The van der Waals surface area contributed by atoms with Crippen molar-refractivity contribution in [3.63, 3.8) is 0 Å².